The second-order valence-electron chi connectivity index (χ2n) is 3.64. The lowest BCUT2D eigenvalue weighted by molar-refractivity contribution is 0.493. The van der Waals surface area contributed by atoms with Crippen LogP contribution in [0.1, 0.15) is 25.7 Å². The third-order valence-corrected chi connectivity index (χ3v) is 6.57. The molecule has 1 nitrogen and oxygen atoms in total. The van der Waals surface area contributed by atoms with Gasteiger partial charge in [-0.2, -0.15) is 0 Å². The standard InChI is InChI=1S/C7H14NPS2/c8-9(10)11-7-4-5-1-2-6(7)3-5/h5-7,9H,1-4H2,(H2,8,10). The summed E-state index contributed by atoms with van der Waals surface area (Å²) in [6, 6.07) is 0. The van der Waals surface area contributed by atoms with Crippen LogP contribution in [0.2, 0.25) is 0 Å². The summed E-state index contributed by atoms with van der Waals surface area (Å²) in [5, 5.41) is 8.27. The Kier molecular flexibility index (Phi) is 2.60. The van der Waals surface area contributed by atoms with Gasteiger partial charge < -0.3 is 5.16 Å². The number of nitrogens with one attached hydrogen (secondary N) is 1. The average molecular weight is 207 g/mol. The molecular weight excluding hydrogens is 193 g/mol. The van der Waals surface area contributed by atoms with Crippen LogP contribution in [-0.2, 0) is 0 Å². The van der Waals surface area contributed by atoms with E-state index in [-0.39, 0.29) is 0 Å². The molecule has 2 rings (SSSR count). The van der Waals surface area contributed by atoms with Gasteiger partial charge >= 0.3 is 0 Å². The highest BCUT2D eigenvalue weighted by atomic mass is 33.1. The molecule has 0 radical (unpaired) electrons. The molecule has 0 aliphatic heterocycles. The smallest absolute Gasteiger partial charge is 0.0561 e. The summed E-state index contributed by atoms with van der Waals surface area (Å²) in [6.07, 6.45) is 4.67. The van der Waals surface area contributed by atoms with E-state index in [0.717, 1.165) is 17.1 Å². The zero-order valence-corrected chi connectivity index (χ0v) is 9.13. The van der Waals surface area contributed by atoms with E-state index in [9.17, 15) is 0 Å². The molecule has 0 aromatic rings. The molecule has 0 amide bonds. The van der Waals surface area contributed by atoms with E-state index in [1.165, 1.54) is 25.7 Å². The van der Waals surface area contributed by atoms with Crippen molar-refractivity contribution in [2.24, 2.45) is 11.8 Å². The summed E-state index contributed by atoms with van der Waals surface area (Å²) in [4.78, 5) is 0. The summed E-state index contributed by atoms with van der Waals surface area (Å²) in [5.41, 5.74) is 0. The number of hydrogen-bond donors (Lipinski definition) is 2. The molecule has 11 heavy (non-hydrogen) atoms. The van der Waals surface area contributed by atoms with Gasteiger partial charge in [-0.1, -0.05) is 6.42 Å². The summed E-state index contributed by atoms with van der Waals surface area (Å²) in [7, 11) is 0. The highest BCUT2D eigenvalue weighted by Crippen LogP contribution is 2.57. The molecule has 0 spiro atoms. The second kappa shape index (κ2) is 3.35. The Hall–Kier alpha value is 0.930. The maximum absolute atomic E-state index is 7.45. The molecule has 2 saturated carbocycles. The quantitative estimate of drug-likeness (QED) is 0.524. The molecule has 2 aliphatic carbocycles. The van der Waals surface area contributed by atoms with Crippen molar-refractivity contribution >= 4 is 29.7 Å². The summed E-state index contributed by atoms with van der Waals surface area (Å²) >= 11 is 6.06. The van der Waals surface area contributed by atoms with E-state index in [0.29, 0.717) is 0 Å². The number of hydrogen-bond acceptors (Lipinski definition) is 2. The highest BCUT2D eigenvalue weighted by molar-refractivity contribution is 8.80. The number of thiol groups is 1. The SMILES string of the molecule is N=[PH](S)SC1CC2CCC1C2. The molecule has 0 heterocycles. The van der Waals surface area contributed by atoms with E-state index in [1.807, 2.05) is 11.4 Å². The monoisotopic (exact) mass is 207 g/mol. The van der Waals surface area contributed by atoms with Crippen molar-refractivity contribution in [2.75, 3.05) is 0 Å². The van der Waals surface area contributed by atoms with Crippen LogP contribution in [0.3, 0.4) is 0 Å². The maximum atomic E-state index is 7.45. The molecule has 0 aromatic carbocycles. The Bertz CT molecular complexity index is 185. The van der Waals surface area contributed by atoms with Crippen molar-refractivity contribution < 1.29 is 0 Å². The molecule has 2 fully saturated rings. The second-order valence-corrected chi connectivity index (χ2v) is 9.27. The molecule has 64 valence electrons. The van der Waals surface area contributed by atoms with Gasteiger partial charge in [0.1, 0.15) is 0 Å². The van der Waals surface area contributed by atoms with Crippen LogP contribution in [0.5, 0.6) is 0 Å². The first-order valence-corrected chi connectivity index (χ1v) is 8.59. The van der Waals surface area contributed by atoms with E-state index in [1.54, 1.807) is 0 Å². The third kappa shape index (κ3) is 1.81. The zero-order chi connectivity index (χ0) is 7.84. The Labute approximate surface area is 77.9 Å². The summed E-state index contributed by atoms with van der Waals surface area (Å²) < 4.78 is 0. The predicted octanol–water partition coefficient (Wildman–Crippen LogP) is 3.64. The molecule has 4 unspecified atom stereocenters. The molecule has 4 atom stereocenters. The van der Waals surface area contributed by atoms with Crippen LogP contribution in [-0.4, -0.2) is 5.25 Å². The molecular formula is C7H14NPS2. The van der Waals surface area contributed by atoms with Gasteiger partial charge in [-0.15, -0.1) is 23.6 Å². The topological polar surface area (TPSA) is 23.9 Å². The average Bonchev–Trinajstić information content (AvgIpc) is 2.45. The minimum atomic E-state index is -1.08. The van der Waals surface area contributed by atoms with Crippen molar-refractivity contribution in [2.45, 2.75) is 30.9 Å². The fraction of sp³-hybridized carbons (Fsp3) is 1.00. The van der Waals surface area contributed by atoms with Crippen molar-refractivity contribution in [3.8, 4) is 0 Å². The lowest BCUT2D eigenvalue weighted by atomic mass is 10.0. The van der Waals surface area contributed by atoms with Gasteiger partial charge in [0, 0.05) is 5.25 Å². The van der Waals surface area contributed by atoms with Crippen LogP contribution in [0.4, 0.5) is 0 Å². The van der Waals surface area contributed by atoms with Crippen LogP contribution in [0, 0.1) is 17.0 Å². The Balaban J connectivity index is 1.92. The van der Waals surface area contributed by atoms with Crippen LogP contribution < -0.4 is 0 Å². The van der Waals surface area contributed by atoms with Gasteiger partial charge in [0.2, 0.25) is 0 Å². The molecule has 4 heteroatoms. The predicted molar refractivity (Wildman–Crippen MR) is 56.8 cm³/mol. The number of rotatable bonds is 2. The molecule has 2 aliphatic rings. The fourth-order valence-corrected chi connectivity index (χ4v) is 6.51. The first kappa shape index (κ1) is 8.52. The normalized spacial score (nSPS) is 44.6. The molecule has 1 N–H and O–H groups in total. The van der Waals surface area contributed by atoms with Gasteiger partial charge in [0.25, 0.3) is 0 Å². The maximum Gasteiger partial charge on any atom is 0.0561 e. The van der Waals surface area contributed by atoms with Crippen molar-refractivity contribution in [1.29, 1.82) is 5.16 Å². The lowest BCUT2D eigenvalue weighted by Gasteiger charge is -2.20. The molecule has 0 aromatic heterocycles. The van der Waals surface area contributed by atoms with Gasteiger partial charge in [0.05, 0.1) is 6.12 Å². The lowest BCUT2D eigenvalue weighted by Crippen LogP contribution is -2.10. The van der Waals surface area contributed by atoms with Gasteiger partial charge in [-0.25, -0.2) is 0 Å². The van der Waals surface area contributed by atoms with E-state index >= 15 is 0 Å². The highest BCUT2D eigenvalue weighted by Gasteiger charge is 2.39. The Morgan fingerprint density at radius 1 is 1.36 bits per heavy atom. The summed E-state index contributed by atoms with van der Waals surface area (Å²) in [6.45, 7) is 0. The fourth-order valence-electron chi connectivity index (χ4n) is 2.47. The van der Waals surface area contributed by atoms with E-state index < -0.39 is 6.12 Å². The largest absolute Gasteiger partial charge is 0.301 e. The van der Waals surface area contributed by atoms with Crippen molar-refractivity contribution in [3.63, 3.8) is 0 Å². The van der Waals surface area contributed by atoms with Gasteiger partial charge in [-0.05, 0) is 31.1 Å². The summed E-state index contributed by atoms with van der Waals surface area (Å²) in [5.74, 6) is 1.98. The van der Waals surface area contributed by atoms with Gasteiger partial charge in [-0.3, -0.25) is 0 Å². The van der Waals surface area contributed by atoms with Crippen molar-refractivity contribution in [3.05, 3.63) is 0 Å². The first-order chi connectivity index (χ1) is 5.25. The van der Waals surface area contributed by atoms with Crippen LogP contribution in [0.25, 0.3) is 0 Å². The van der Waals surface area contributed by atoms with Crippen LogP contribution >= 0.6 is 29.7 Å². The third-order valence-electron chi connectivity index (χ3n) is 2.94. The number of fused-ring (bicyclic) bond motifs is 2. The van der Waals surface area contributed by atoms with Crippen molar-refractivity contribution in [1.82, 2.24) is 0 Å². The van der Waals surface area contributed by atoms with E-state index in [4.69, 9.17) is 5.16 Å². The Morgan fingerprint density at radius 2 is 2.18 bits per heavy atom. The molecule has 0 saturated heterocycles. The molecule has 2 bridgehead atoms. The zero-order valence-electron chi connectivity index (χ0n) is 6.42. The minimum absolute atomic E-state index is 0.817. The van der Waals surface area contributed by atoms with Gasteiger partial charge in [0.15, 0.2) is 0 Å². The van der Waals surface area contributed by atoms with E-state index in [2.05, 4.69) is 12.2 Å². The Morgan fingerprint density at radius 3 is 2.64 bits per heavy atom. The first-order valence-electron chi connectivity index (χ1n) is 4.20. The minimum Gasteiger partial charge on any atom is -0.301 e. The van der Waals surface area contributed by atoms with Crippen LogP contribution in [0.15, 0.2) is 0 Å².